The second-order valence-electron chi connectivity index (χ2n) is 9.49. The average Bonchev–Trinajstić information content (AvgIpc) is 3.05. The zero-order valence-corrected chi connectivity index (χ0v) is 19.6. The van der Waals surface area contributed by atoms with Gasteiger partial charge in [-0.2, -0.15) is 0 Å². The van der Waals surface area contributed by atoms with Crippen molar-refractivity contribution < 1.29 is 0 Å². The molecule has 7 nitrogen and oxygen atoms in total. The lowest BCUT2D eigenvalue weighted by atomic mass is 9.92. The molecule has 2 aromatic heterocycles. The van der Waals surface area contributed by atoms with Crippen LogP contribution in [-0.2, 0) is 0 Å². The molecular formula is C26H35N7. The predicted molar refractivity (Wildman–Crippen MR) is 135 cm³/mol. The molecule has 0 spiro atoms. The average molecular weight is 446 g/mol. The summed E-state index contributed by atoms with van der Waals surface area (Å²) in [6.07, 6.45) is 11.3. The van der Waals surface area contributed by atoms with Gasteiger partial charge in [0.25, 0.3) is 0 Å². The number of hydrogen-bond donors (Lipinski definition) is 3. The van der Waals surface area contributed by atoms with E-state index in [4.69, 9.17) is 20.7 Å². The lowest BCUT2D eigenvalue weighted by molar-refractivity contribution is 0.391. The molecule has 174 valence electrons. The smallest absolute Gasteiger partial charge is 0.159 e. The maximum Gasteiger partial charge on any atom is 0.159 e. The van der Waals surface area contributed by atoms with Crippen LogP contribution in [0.15, 0.2) is 41.5 Å². The molecule has 0 atom stereocenters. The second kappa shape index (κ2) is 9.91. The SMILES string of the molecule is Cc1nc(=NC2CCC(N)CC2)c2cc[nH]c2nc1Nc1ccc(N2CCCCCC2)cc1. The van der Waals surface area contributed by atoms with Crippen LogP contribution in [0, 0.1) is 6.92 Å². The molecule has 0 radical (unpaired) electrons. The minimum atomic E-state index is 0.278. The van der Waals surface area contributed by atoms with Gasteiger partial charge in [0.15, 0.2) is 11.3 Å². The molecular weight excluding hydrogens is 410 g/mol. The van der Waals surface area contributed by atoms with E-state index in [1.807, 2.05) is 19.2 Å². The lowest BCUT2D eigenvalue weighted by Crippen LogP contribution is -2.29. The van der Waals surface area contributed by atoms with Crippen molar-refractivity contribution in [3.63, 3.8) is 0 Å². The van der Waals surface area contributed by atoms with E-state index in [2.05, 4.69) is 39.5 Å². The highest BCUT2D eigenvalue weighted by Crippen LogP contribution is 2.24. The van der Waals surface area contributed by atoms with Crippen molar-refractivity contribution >= 4 is 28.2 Å². The standard InChI is InChI=1S/C26H35N7/c1-18-24(30-21-10-12-22(13-11-21)33-16-4-2-3-5-17-33)32-25-23(14-15-28-25)26(29-18)31-20-8-6-19(27)7-9-20/h10-15,19-20,28H,2-9,16-17,27H2,1H3,(H,30,32). The van der Waals surface area contributed by atoms with Gasteiger partial charge in [-0.25, -0.2) is 9.97 Å². The van der Waals surface area contributed by atoms with Gasteiger partial charge in [-0.1, -0.05) is 12.8 Å². The molecule has 5 rings (SSSR count). The summed E-state index contributed by atoms with van der Waals surface area (Å²) in [7, 11) is 0. The molecule has 7 heteroatoms. The normalized spacial score (nSPS) is 22.4. The molecule has 3 aromatic rings. The number of aromatic amines is 1. The monoisotopic (exact) mass is 445 g/mol. The number of anilines is 3. The van der Waals surface area contributed by atoms with E-state index in [1.165, 1.54) is 31.4 Å². The van der Waals surface area contributed by atoms with Crippen LogP contribution in [0.4, 0.5) is 17.2 Å². The second-order valence-corrected chi connectivity index (χ2v) is 9.49. The van der Waals surface area contributed by atoms with Crippen molar-refractivity contribution in [2.24, 2.45) is 10.7 Å². The minimum Gasteiger partial charge on any atom is -0.372 e. The predicted octanol–water partition coefficient (Wildman–Crippen LogP) is 4.56. The Balaban J connectivity index is 1.41. The maximum absolute atomic E-state index is 6.08. The maximum atomic E-state index is 6.08. The van der Waals surface area contributed by atoms with Gasteiger partial charge in [-0.3, -0.25) is 4.99 Å². The Hall–Kier alpha value is -2.93. The highest BCUT2D eigenvalue weighted by atomic mass is 15.1. The number of rotatable bonds is 4. The number of H-pyrrole nitrogens is 1. The number of benzene rings is 1. The number of nitrogens with two attached hydrogens (primary N) is 1. The van der Waals surface area contributed by atoms with Crippen LogP contribution in [0.3, 0.4) is 0 Å². The van der Waals surface area contributed by atoms with Crippen molar-refractivity contribution in [3.05, 3.63) is 47.7 Å². The van der Waals surface area contributed by atoms with Crippen LogP contribution >= 0.6 is 0 Å². The topological polar surface area (TPSA) is 95.2 Å². The third kappa shape index (κ3) is 5.19. The fourth-order valence-corrected chi connectivity index (χ4v) is 4.94. The number of hydrogen-bond acceptors (Lipinski definition) is 6. The molecule has 2 aliphatic rings. The van der Waals surface area contributed by atoms with Crippen LogP contribution in [0.1, 0.15) is 57.1 Å². The molecule has 1 saturated carbocycles. The fraction of sp³-hybridized carbons (Fsp3) is 0.500. The highest BCUT2D eigenvalue weighted by molar-refractivity contribution is 5.75. The van der Waals surface area contributed by atoms with Crippen molar-refractivity contribution in [1.82, 2.24) is 15.0 Å². The summed E-state index contributed by atoms with van der Waals surface area (Å²) in [6.45, 7) is 4.29. The van der Waals surface area contributed by atoms with Crippen molar-refractivity contribution in [2.45, 2.75) is 70.4 Å². The van der Waals surface area contributed by atoms with Crippen LogP contribution in [0.25, 0.3) is 11.0 Å². The van der Waals surface area contributed by atoms with E-state index in [0.29, 0.717) is 6.04 Å². The Kier molecular flexibility index (Phi) is 6.58. The van der Waals surface area contributed by atoms with Gasteiger partial charge >= 0.3 is 0 Å². The van der Waals surface area contributed by atoms with Gasteiger partial charge in [0.05, 0.1) is 17.1 Å². The van der Waals surface area contributed by atoms with Crippen LogP contribution < -0.4 is 21.4 Å². The molecule has 1 aromatic carbocycles. The Morgan fingerprint density at radius 3 is 2.42 bits per heavy atom. The number of aromatic nitrogens is 3. The Morgan fingerprint density at radius 2 is 1.70 bits per heavy atom. The Morgan fingerprint density at radius 1 is 0.970 bits per heavy atom. The molecule has 1 saturated heterocycles. The Labute approximate surface area is 195 Å². The first-order valence-corrected chi connectivity index (χ1v) is 12.4. The summed E-state index contributed by atoms with van der Waals surface area (Å²) in [5, 5.41) is 4.44. The number of nitrogens with one attached hydrogen (secondary N) is 2. The molecule has 0 amide bonds. The lowest BCUT2D eigenvalue weighted by Gasteiger charge is -2.22. The number of aryl methyl sites for hydroxylation is 1. The third-order valence-corrected chi connectivity index (χ3v) is 6.95. The van der Waals surface area contributed by atoms with Crippen LogP contribution in [0.5, 0.6) is 0 Å². The van der Waals surface area contributed by atoms with Gasteiger partial charge in [-0.05, 0) is 75.8 Å². The van der Waals surface area contributed by atoms with Gasteiger partial charge in [0.1, 0.15) is 5.65 Å². The van der Waals surface area contributed by atoms with E-state index >= 15 is 0 Å². The van der Waals surface area contributed by atoms with Crippen LogP contribution in [-0.4, -0.2) is 40.1 Å². The first-order valence-electron chi connectivity index (χ1n) is 12.4. The molecule has 4 N–H and O–H groups in total. The van der Waals surface area contributed by atoms with Gasteiger partial charge in [0, 0.05) is 36.7 Å². The minimum absolute atomic E-state index is 0.278. The highest BCUT2D eigenvalue weighted by Gasteiger charge is 2.18. The van der Waals surface area contributed by atoms with Crippen molar-refractivity contribution in [2.75, 3.05) is 23.3 Å². The summed E-state index contributed by atoms with van der Waals surface area (Å²) in [5.41, 5.74) is 10.8. The van der Waals surface area contributed by atoms with Crippen LogP contribution in [0.2, 0.25) is 0 Å². The summed E-state index contributed by atoms with van der Waals surface area (Å²) in [5.74, 6) is 0.747. The molecule has 3 heterocycles. The number of fused-ring (bicyclic) bond motifs is 1. The first-order chi connectivity index (χ1) is 16.2. The zero-order valence-electron chi connectivity index (χ0n) is 19.6. The van der Waals surface area contributed by atoms with E-state index in [-0.39, 0.29) is 6.04 Å². The summed E-state index contributed by atoms with van der Waals surface area (Å²) in [6, 6.07) is 11.3. The molecule has 2 fully saturated rings. The summed E-state index contributed by atoms with van der Waals surface area (Å²) in [4.78, 5) is 20.5. The van der Waals surface area contributed by atoms with E-state index < -0.39 is 0 Å². The van der Waals surface area contributed by atoms with Crippen molar-refractivity contribution in [1.29, 1.82) is 0 Å². The van der Waals surface area contributed by atoms with E-state index in [1.54, 1.807) is 0 Å². The molecule has 1 aliphatic heterocycles. The summed E-state index contributed by atoms with van der Waals surface area (Å²) >= 11 is 0. The molecule has 1 aliphatic carbocycles. The van der Waals surface area contributed by atoms with Gasteiger partial charge in [-0.15, -0.1) is 0 Å². The summed E-state index contributed by atoms with van der Waals surface area (Å²) < 4.78 is 0. The van der Waals surface area contributed by atoms with Crippen molar-refractivity contribution in [3.8, 4) is 0 Å². The molecule has 0 unspecified atom stereocenters. The third-order valence-electron chi connectivity index (χ3n) is 6.95. The van der Waals surface area contributed by atoms with E-state index in [9.17, 15) is 0 Å². The molecule has 33 heavy (non-hydrogen) atoms. The first kappa shape index (κ1) is 21.9. The quantitative estimate of drug-likeness (QED) is 0.547. The number of nitrogens with zero attached hydrogens (tertiary/aromatic N) is 4. The zero-order chi connectivity index (χ0) is 22.6. The van der Waals surface area contributed by atoms with E-state index in [0.717, 1.165) is 72.5 Å². The van der Waals surface area contributed by atoms with Gasteiger partial charge in [0.2, 0.25) is 0 Å². The largest absolute Gasteiger partial charge is 0.372 e. The Bertz CT molecular complexity index is 1140. The molecule has 0 bridgehead atoms. The fourth-order valence-electron chi connectivity index (χ4n) is 4.94. The van der Waals surface area contributed by atoms with Gasteiger partial charge < -0.3 is 20.9 Å².